The largest absolute Gasteiger partial charge is 0.508 e. The Morgan fingerprint density at radius 2 is 1.43 bits per heavy atom. The zero-order valence-electron chi connectivity index (χ0n) is 12.9. The zero-order chi connectivity index (χ0) is 15.6. The predicted molar refractivity (Wildman–Crippen MR) is 93.0 cm³/mol. The van der Waals surface area contributed by atoms with E-state index < -0.39 is 0 Å². The third-order valence-corrected chi connectivity index (χ3v) is 4.48. The number of anilines is 2. The second-order valence-corrected chi connectivity index (χ2v) is 5.92. The number of para-hydroxylation sites is 1. The lowest BCUT2D eigenvalue weighted by molar-refractivity contribution is -0.330. The van der Waals surface area contributed by atoms with Gasteiger partial charge in [-0.3, -0.25) is 4.90 Å². The van der Waals surface area contributed by atoms with Crippen LogP contribution >= 0.6 is 0 Å². The van der Waals surface area contributed by atoms with E-state index in [0.717, 1.165) is 26.2 Å². The molecule has 2 aromatic carbocycles. The maximum Gasteiger partial charge on any atom is 0.274 e. The lowest BCUT2D eigenvalue weighted by Gasteiger charge is -2.32. The van der Waals surface area contributed by atoms with Gasteiger partial charge in [-0.1, -0.05) is 18.2 Å². The number of fused-ring (bicyclic) bond motifs is 1. The number of aromatic nitrogens is 1. The number of aromatic amines is 1. The summed E-state index contributed by atoms with van der Waals surface area (Å²) < 4.78 is 0. The van der Waals surface area contributed by atoms with E-state index in [9.17, 15) is 5.11 Å². The molecule has 1 fully saturated rings. The first-order valence-corrected chi connectivity index (χ1v) is 8.00. The van der Waals surface area contributed by atoms with Crippen molar-refractivity contribution in [1.29, 1.82) is 0 Å². The number of piperazine rings is 1. The van der Waals surface area contributed by atoms with Gasteiger partial charge in [-0.25, -0.2) is 4.98 Å². The van der Waals surface area contributed by atoms with Crippen molar-refractivity contribution in [3.63, 3.8) is 0 Å². The van der Waals surface area contributed by atoms with Gasteiger partial charge in [0.2, 0.25) is 0 Å². The minimum atomic E-state index is 0.318. The molecule has 0 aliphatic carbocycles. The Kier molecular flexibility index (Phi) is 3.50. The highest BCUT2D eigenvalue weighted by molar-refractivity contribution is 5.76. The second kappa shape index (κ2) is 5.80. The molecule has 1 aromatic heterocycles. The number of benzene rings is 2. The average Bonchev–Trinajstić information content (AvgIpc) is 2.62. The minimum Gasteiger partial charge on any atom is -0.508 e. The van der Waals surface area contributed by atoms with Crippen LogP contribution in [0.4, 0.5) is 11.5 Å². The zero-order valence-corrected chi connectivity index (χ0v) is 12.9. The molecule has 0 amide bonds. The maximum atomic E-state index is 9.40. The molecule has 4 rings (SSSR count). The van der Waals surface area contributed by atoms with Gasteiger partial charge in [0.25, 0.3) is 5.82 Å². The van der Waals surface area contributed by atoms with E-state index in [2.05, 4.69) is 51.2 Å². The van der Waals surface area contributed by atoms with Gasteiger partial charge in [-0.2, -0.15) is 0 Å². The van der Waals surface area contributed by atoms with Crippen LogP contribution < -0.4 is 14.8 Å². The van der Waals surface area contributed by atoms with Crippen LogP contribution in [0.3, 0.4) is 0 Å². The fourth-order valence-corrected chi connectivity index (χ4v) is 3.16. The molecule has 4 heteroatoms. The molecule has 1 aliphatic rings. The highest BCUT2D eigenvalue weighted by atomic mass is 16.3. The standard InChI is InChI=1S/C19H19N3O/c23-17-8-6-16(7-9-17)21-11-13-22(14-12-21)19-10-5-15-3-1-2-4-18(15)20-19/h1-10,23H,11-14H2/p+1. The van der Waals surface area contributed by atoms with Crippen molar-refractivity contribution < 1.29 is 10.1 Å². The average molecular weight is 306 g/mol. The number of H-pyrrole nitrogens is 1. The fraction of sp³-hybridized carbons (Fsp3) is 0.211. The van der Waals surface area contributed by atoms with E-state index in [1.165, 1.54) is 22.4 Å². The van der Waals surface area contributed by atoms with Gasteiger partial charge in [0.05, 0.1) is 13.1 Å². The van der Waals surface area contributed by atoms with Crippen LogP contribution in [0.1, 0.15) is 0 Å². The topological polar surface area (TPSA) is 40.9 Å². The number of aromatic hydroxyl groups is 1. The Balaban J connectivity index is 1.49. The summed E-state index contributed by atoms with van der Waals surface area (Å²) in [7, 11) is 0. The number of nitrogens with one attached hydrogen (secondary N) is 1. The number of hydrogen-bond acceptors (Lipinski definition) is 3. The van der Waals surface area contributed by atoms with E-state index in [1.807, 2.05) is 12.1 Å². The number of nitrogens with zero attached hydrogens (tertiary/aromatic N) is 2. The molecule has 3 aromatic rings. The molecule has 0 bridgehead atoms. The van der Waals surface area contributed by atoms with Crippen molar-refractivity contribution in [3.8, 4) is 5.75 Å². The van der Waals surface area contributed by atoms with E-state index in [4.69, 9.17) is 0 Å². The Morgan fingerprint density at radius 3 is 2.22 bits per heavy atom. The molecule has 0 saturated carbocycles. The van der Waals surface area contributed by atoms with Gasteiger partial charge in [0.15, 0.2) is 0 Å². The Morgan fingerprint density at radius 1 is 0.739 bits per heavy atom. The molecule has 0 radical (unpaired) electrons. The smallest absolute Gasteiger partial charge is 0.274 e. The quantitative estimate of drug-likeness (QED) is 0.791. The Labute approximate surface area is 135 Å². The molecule has 4 nitrogen and oxygen atoms in total. The lowest BCUT2D eigenvalue weighted by atomic mass is 10.2. The molecule has 0 spiro atoms. The van der Waals surface area contributed by atoms with Gasteiger partial charge in [-0.15, -0.1) is 0 Å². The maximum absolute atomic E-state index is 9.40. The first-order chi connectivity index (χ1) is 11.3. The van der Waals surface area contributed by atoms with Gasteiger partial charge in [0.1, 0.15) is 24.4 Å². The van der Waals surface area contributed by atoms with Crippen LogP contribution in [-0.4, -0.2) is 31.3 Å². The highest BCUT2D eigenvalue weighted by Crippen LogP contribution is 2.21. The van der Waals surface area contributed by atoms with Crippen molar-refractivity contribution in [3.05, 3.63) is 60.7 Å². The number of phenolic OH excluding ortho intramolecular Hbond substituents is 1. The molecular formula is C19H20N3O+. The van der Waals surface area contributed by atoms with Crippen molar-refractivity contribution in [2.24, 2.45) is 0 Å². The molecule has 116 valence electrons. The van der Waals surface area contributed by atoms with E-state index in [0.29, 0.717) is 5.75 Å². The minimum absolute atomic E-state index is 0.318. The molecular weight excluding hydrogens is 286 g/mol. The molecule has 2 heterocycles. The Hall–Kier alpha value is -2.75. The van der Waals surface area contributed by atoms with Gasteiger partial charge >= 0.3 is 0 Å². The van der Waals surface area contributed by atoms with Crippen LogP contribution in [0, 0.1) is 0 Å². The van der Waals surface area contributed by atoms with Gasteiger partial charge < -0.3 is 10.0 Å². The number of phenols is 1. The third kappa shape index (κ3) is 2.80. The van der Waals surface area contributed by atoms with Crippen molar-refractivity contribution >= 4 is 22.4 Å². The predicted octanol–water partition coefficient (Wildman–Crippen LogP) is 2.69. The van der Waals surface area contributed by atoms with Crippen molar-refractivity contribution in [1.82, 2.24) is 0 Å². The normalized spacial score (nSPS) is 15.1. The summed E-state index contributed by atoms with van der Waals surface area (Å²) in [4.78, 5) is 8.28. The van der Waals surface area contributed by atoms with Crippen molar-refractivity contribution in [2.45, 2.75) is 0 Å². The molecule has 0 atom stereocenters. The van der Waals surface area contributed by atoms with Crippen LogP contribution in [0.2, 0.25) is 0 Å². The van der Waals surface area contributed by atoms with Crippen LogP contribution in [0.5, 0.6) is 5.75 Å². The second-order valence-electron chi connectivity index (χ2n) is 5.92. The summed E-state index contributed by atoms with van der Waals surface area (Å²) in [5, 5.41) is 10.6. The molecule has 0 unspecified atom stereocenters. The summed E-state index contributed by atoms with van der Waals surface area (Å²) in [5.41, 5.74) is 2.34. The summed E-state index contributed by atoms with van der Waals surface area (Å²) in [6.45, 7) is 3.92. The summed E-state index contributed by atoms with van der Waals surface area (Å²) >= 11 is 0. The van der Waals surface area contributed by atoms with Gasteiger partial charge in [0, 0.05) is 17.1 Å². The van der Waals surface area contributed by atoms with Gasteiger partial charge in [-0.05, 0) is 36.4 Å². The summed E-state index contributed by atoms with van der Waals surface area (Å²) in [5.74, 6) is 1.49. The van der Waals surface area contributed by atoms with Crippen LogP contribution in [0.15, 0.2) is 60.7 Å². The fourth-order valence-electron chi connectivity index (χ4n) is 3.16. The highest BCUT2D eigenvalue weighted by Gasteiger charge is 2.23. The number of hydrogen-bond donors (Lipinski definition) is 1. The SMILES string of the molecule is Oc1ccc(N2CCN(c3ccc4ccccc4[nH+]3)CC2)cc1. The Bertz CT molecular complexity index is 808. The van der Waals surface area contributed by atoms with Crippen LogP contribution in [0.25, 0.3) is 10.9 Å². The number of pyridine rings is 1. The lowest BCUT2D eigenvalue weighted by Crippen LogP contribution is -2.48. The molecule has 2 N–H and O–H groups in total. The van der Waals surface area contributed by atoms with E-state index >= 15 is 0 Å². The first kappa shape index (κ1) is 13.9. The summed E-state index contributed by atoms with van der Waals surface area (Å²) in [6.07, 6.45) is 0. The van der Waals surface area contributed by atoms with Crippen LogP contribution in [-0.2, 0) is 0 Å². The third-order valence-electron chi connectivity index (χ3n) is 4.48. The first-order valence-electron chi connectivity index (χ1n) is 8.00. The monoisotopic (exact) mass is 306 g/mol. The molecule has 1 aliphatic heterocycles. The number of rotatable bonds is 2. The van der Waals surface area contributed by atoms with E-state index in [-0.39, 0.29) is 0 Å². The van der Waals surface area contributed by atoms with Crippen molar-refractivity contribution in [2.75, 3.05) is 36.0 Å². The molecule has 23 heavy (non-hydrogen) atoms. The summed E-state index contributed by atoms with van der Waals surface area (Å²) in [6, 6.07) is 20.2. The van der Waals surface area contributed by atoms with E-state index in [1.54, 1.807) is 12.1 Å². The molecule has 1 saturated heterocycles.